The summed E-state index contributed by atoms with van der Waals surface area (Å²) in [6.45, 7) is 0. The number of carboxylic acid groups (broad SMARTS) is 1. The number of rotatable bonds is 7. The van der Waals surface area contributed by atoms with Gasteiger partial charge in [0.25, 0.3) is 5.69 Å². The van der Waals surface area contributed by atoms with Gasteiger partial charge in [-0.1, -0.05) is 12.1 Å². The summed E-state index contributed by atoms with van der Waals surface area (Å²) < 4.78 is 0. The quantitative estimate of drug-likeness (QED) is 0.422. The number of nitrogens with zero attached hydrogens (tertiary/aromatic N) is 1. The molecule has 1 rings (SSSR count). The number of amides is 1. The molecule has 7 heteroatoms. The summed E-state index contributed by atoms with van der Waals surface area (Å²) in [4.78, 5) is 30.9. The van der Waals surface area contributed by atoms with Crippen LogP contribution < -0.4 is 5.32 Å². The van der Waals surface area contributed by atoms with Gasteiger partial charge in [-0.2, -0.15) is 0 Å². The van der Waals surface area contributed by atoms with Crippen molar-refractivity contribution in [2.45, 2.75) is 18.9 Å². The van der Waals surface area contributed by atoms with Crippen LogP contribution in [-0.2, 0) is 16.0 Å². The maximum atomic E-state index is 10.7. The van der Waals surface area contributed by atoms with E-state index in [1.165, 1.54) is 12.1 Å². The Balaban J connectivity index is 2.59. The Hall–Kier alpha value is -2.44. The molecule has 96 valence electrons. The number of nitro groups is 1. The van der Waals surface area contributed by atoms with Crippen molar-refractivity contribution in [2.24, 2.45) is 0 Å². The highest BCUT2D eigenvalue weighted by molar-refractivity contribution is 5.76. The fourth-order valence-electron chi connectivity index (χ4n) is 1.46. The zero-order valence-corrected chi connectivity index (χ0v) is 9.41. The van der Waals surface area contributed by atoms with E-state index in [2.05, 4.69) is 5.32 Å². The number of non-ortho nitro benzene ring substituents is 1. The predicted molar refractivity (Wildman–Crippen MR) is 62.0 cm³/mol. The van der Waals surface area contributed by atoms with Crippen LogP contribution in [0, 0.1) is 10.1 Å². The molecule has 1 aromatic rings. The number of carbonyl (C=O) groups excluding carboxylic acids is 1. The van der Waals surface area contributed by atoms with Gasteiger partial charge in [0.2, 0.25) is 6.41 Å². The molecule has 0 spiro atoms. The topological polar surface area (TPSA) is 110 Å². The zero-order chi connectivity index (χ0) is 13.5. The predicted octanol–water partition coefficient (Wildman–Crippen LogP) is 0.727. The van der Waals surface area contributed by atoms with Crippen molar-refractivity contribution in [3.05, 3.63) is 39.9 Å². The molecule has 2 N–H and O–H groups in total. The minimum absolute atomic E-state index is 0.0143. The Kier molecular flexibility index (Phi) is 4.79. The lowest BCUT2D eigenvalue weighted by Crippen LogP contribution is -2.36. The molecule has 18 heavy (non-hydrogen) atoms. The van der Waals surface area contributed by atoms with Crippen molar-refractivity contribution in [3.8, 4) is 0 Å². The molecule has 7 nitrogen and oxygen atoms in total. The van der Waals surface area contributed by atoms with E-state index in [4.69, 9.17) is 5.11 Å². The molecule has 0 saturated heterocycles. The highest BCUT2D eigenvalue weighted by Crippen LogP contribution is 2.13. The second kappa shape index (κ2) is 6.33. The lowest BCUT2D eigenvalue weighted by Gasteiger charge is -2.10. The van der Waals surface area contributed by atoms with Crippen molar-refractivity contribution < 1.29 is 19.6 Å². The summed E-state index contributed by atoms with van der Waals surface area (Å²) >= 11 is 0. The van der Waals surface area contributed by atoms with Crippen LogP contribution in [0.15, 0.2) is 24.3 Å². The fraction of sp³-hybridized carbons (Fsp3) is 0.273. The maximum absolute atomic E-state index is 10.7. The minimum Gasteiger partial charge on any atom is -0.480 e. The molecule has 0 aliphatic heterocycles. The number of carbonyl (C=O) groups is 2. The van der Waals surface area contributed by atoms with Crippen molar-refractivity contribution in [1.29, 1.82) is 0 Å². The van der Waals surface area contributed by atoms with Gasteiger partial charge < -0.3 is 10.4 Å². The van der Waals surface area contributed by atoms with Crippen LogP contribution in [0.4, 0.5) is 5.69 Å². The number of hydrogen-bond acceptors (Lipinski definition) is 4. The van der Waals surface area contributed by atoms with Crippen LogP contribution in [-0.4, -0.2) is 28.5 Å². The first-order valence-corrected chi connectivity index (χ1v) is 5.20. The number of benzene rings is 1. The molecule has 0 radical (unpaired) electrons. The molecular formula is C11H12N2O5. The first kappa shape index (κ1) is 13.6. The van der Waals surface area contributed by atoms with Gasteiger partial charge in [0.1, 0.15) is 6.04 Å². The van der Waals surface area contributed by atoms with Crippen LogP contribution >= 0.6 is 0 Å². The van der Waals surface area contributed by atoms with E-state index in [-0.39, 0.29) is 12.1 Å². The average molecular weight is 252 g/mol. The summed E-state index contributed by atoms with van der Waals surface area (Å²) in [5.41, 5.74) is 0.763. The van der Waals surface area contributed by atoms with E-state index < -0.39 is 16.9 Å². The van der Waals surface area contributed by atoms with Gasteiger partial charge in [-0.3, -0.25) is 14.9 Å². The van der Waals surface area contributed by atoms with E-state index in [0.717, 1.165) is 5.56 Å². The molecule has 0 aliphatic carbocycles. The van der Waals surface area contributed by atoms with Gasteiger partial charge in [-0.25, -0.2) is 4.79 Å². The fourth-order valence-corrected chi connectivity index (χ4v) is 1.46. The lowest BCUT2D eigenvalue weighted by molar-refractivity contribution is -0.384. The van der Waals surface area contributed by atoms with Crippen LogP contribution in [0.5, 0.6) is 0 Å². The Morgan fingerprint density at radius 2 is 2.06 bits per heavy atom. The van der Waals surface area contributed by atoms with Gasteiger partial charge in [0, 0.05) is 12.1 Å². The van der Waals surface area contributed by atoms with Gasteiger partial charge in [-0.15, -0.1) is 0 Å². The standard InChI is InChI=1S/C11H12N2O5/c14-7-12-10(11(15)16)6-3-8-1-4-9(5-2-8)13(17)18/h1-2,4-5,7,10H,3,6H2,(H,12,14)(H,15,16). The SMILES string of the molecule is O=CNC(CCc1ccc([N+](=O)[O-])cc1)C(=O)O. The zero-order valence-electron chi connectivity index (χ0n) is 9.41. The van der Waals surface area contributed by atoms with Crippen molar-refractivity contribution in [1.82, 2.24) is 5.32 Å². The van der Waals surface area contributed by atoms with E-state index in [0.29, 0.717) is 12.8 Å². The Morgan fingerprint density at radius 1 is 1.44 bits per heavy atom. The van der Waals surface area contributed by atoms with Crippen LogP contribution in [0.2, 0.25) is 0 Å². The van der Waals surface area contributed by atoms with E-state index in [9.17, 15) is 19.7 Å². The number of nitrogens with one attached hydrogen (secondary N) is 1. The second-order valence-corrected chi connectivity index (χ2v) is 3.64. The highest BCUT2D eigenvalue weighted by atomic mass is 16.6. The first-order valence-electron chi connectivity index (χ1n) is 5.20. The largest absolute Gasteiger partial charge is 0.480 e. The number of aliphatic carboxylic acids is 1. The van der Waals surface area contributed by atoms with Crippen LogP contribution in [0.1, 0.15) is 12.0 Å². The molecule has 0 bridgehead atoms. The third-order valence-electron chi connectivity index (χ3n) is 2.44. The number of aryl methyl sites for hydroxylation is 1. The summed E-state index contributed by atoms with van der Waals surface area (Å²) in [6.07, 6.45) is 0.982. The summed E-state index contributed by atoms with van der Waals surface area (Å²) in [7, 11) is 0. The second-order valence-electron chi connectivity index (χ2n) is 3.64. The van der Waals surface area contributed by atoms with Crippen molar-refractivity contribution >= 4 is 18.1 Å². The molecule has 0 aromatic heterocycles. The smallest absolute Gasteiger partial charge is 0.326 e. The van der Waals surface area contributed by atoms with Crippen molar-refractivity contribution in [3.63, 3.8) is 0 Å². The summed E-state index contributed by atoms with van der Waals surface area (Å²) in [5.74, 6) is -1.11. The maximum Gasteiger partial charge on any atom is 0.326 e. The van der Waals surface area contributed by atoms with E-state index >= 15 is 0 Å². The average Bonchev–Trinajstić information content (AvgIpc) is 2.34. The van der Waals surface area contributed by atoms with Crippen LogP contribution in [0.25, 0.3) is 0 Å². The molecule has 0 heterocycles. The van der Waals surface area contributed by atoms with Crippen molar-refractivity contribution in [2.75, 3.05) is 0 Å². The molecule has 1 amide bonds. The van der Waals surface area contributed by atoms with Gasteiger partial charge in [-0.05, 0) is 18.4 Å². The van der Waals surface area contributed by atoms with Gasteiger partial charge in [0.05, 0.1) is 4.92 Å². The monoisotopic (exact) mass is 252 g/mol. The first-order chi connectivity index (χ1) is 8.54. The molecule has 1 unspecified atom stereocenters. The minimum atomic E-state index is -1.11. The van der Waals surface area contributed by atoms with Gasteiger partial charge in [0.15, 0.2) is 0 Å². The number of carboxylic acids is 1. The van der Waals surface area contributed by atoms with Crippen LogP contribution in [0.3, 0.4) is 0 Å². The normalized spacial score (nSPS) is 11.6. The number of hydrogen-bond donors (Lipinski definition) is 2. The summed E-state index contributed by atoms with van der Waals surface area (Å²) in [5, 5.41) is 21.4. The Labute approximate surface area is 103 Å². The Bertz CT molecular complexity index is 443. The summed E-state index contributed by atoms with van der Waals surface area (Å²) in [6, 6.07) is 4.91. The molecule has 1 atom stereocenters. The molecule has 0 saturated carbocycles. The molecular weight excluding hydrogens is 240 g/mol. The Morgan fingerprint density at radius 3 is 2.50 bits per heavy atom. The lowest BCUT2D eigenvalue weighted by atomic mass is 10.1. The van der Waals surface area contributed by atoms with E-state index in [1.807, 2.05) is 0 Å². The highest BCUT2D eigenvalue weighted by Gasteiger charge is 2.15. The number of nitro benzene ring substituents is 1. The molecule has 0 aliphatic rings. The van der Waals surface area contributed by atoms with Gasteiger partial charge >= 0.3 is 5.97 Å². The molecule has 0 fully saturated rings. The third kappa shape index (κ3) is 3.85. The molecule has 1 aromatic carbocycles. The van der Waals surface area contributed by atoms with E-state index in [1.54, 1.807) is 12.1 Å². The third-order valence-corrected chi connectivity index (χ3v) is 2.44.